The van der Waals surface area contributed by atoms with Gasteiger partial charge in [-0.25, -0.2) is 8.42 Å². The van der Waals surface area contributed by atoms with Gasteiger partial charge in [-0.1, -0.05) is 34.8 Å². The summed E-state index contributed by atoms with van der Waals surface area (Å²) in [6.45, 7) is 3.13. The molecule has 6 nitrogen and oxygen atoms in total. The van der Waals surface area contributed by atoms with Gasteiger partial charge in [0.2, 0.25) is 15.9 Å². The molecule has 0 spiro atoms. The summed E-state index contributed by atoms with van der Waals surface area (Å²) in [4.78, 5) is 12.4. The first-order chi connectivity index (χ1) is 12.5. The predicted molar refractivity (Wildman–Crippen MR) is 108 cm³/mol. The lowest BCUT2D eigenvalue weighted by Crippen LogP contribution is -2.41. The number of aryl methyl sites for hydroxylation is 1. The molecule has 0 aliphatic rings. The van der Waals surface area contributed by atoms with E-state index in [9.17, 15) is 13.2 Å². The van der Waals surface area contributed by atoms with E-state index in [4.69, 9.17) is 39.5 Å². The summed E-state index contributed by atoms with van der Waals surface area (Å²) in [7, 11) is -2.42. The van der Waals surface area contributed by atoms with Crippen molar-refractivity contribution in [3.8, 4) is 5.75 Å². The second-order valence-corrected chi connectivity index (χ2v) is 8.65. The summed E-state index contributed by atoms with van der Waals surface area (Å²) in [5, 5.41) is 3.15. The lowest BCUT2D eigenvalue weighted by molar-refractivity contribution is -0.117. The van der Waals surface area contributed by atoms with E-state index in [1.807, 2.05) is 0 Å². The number of benzene rings is 2. The highest BCUT2D eigenvalue weighted by Crippen LogP contribution is 2.32. The van der Waals surface area contributed by atoms with Crippen molar-refractivity contribution >= 4 is 56.4 Å². The molecular weight excluding hydrogens is 435 g/mol. The van der Waals surface area contributed by atoms with E-state index >= 15 is 0 Å². The van der Waals surface area contributed by atoms with Crippen LogP contribution in [0.5, 0.6) is 5.75 Å². The number of carbonyl (C=O) groups excluding carboxylic acids is 1. The zero-order chi connectivity index (χ0) is 20.4. The third-order valence-corrected chi connectivity index (χ3v) is 6.24. The maximum Gasteiger partial charge on any atom is 0.242 e. The maximum atomic E-state index is 12.5. The Morgan fingerprint density at radius 1 is 1.07 bits per heavy atom. The average molecular weight is 452 g/mol. The molecule has 0 heterocycles. The highest BCUT2D eigenvalue weighted by molar-refractivity contribution is 7.89. The number of halogens is 3. The van der Waals surface area contributed by atoms with Crippen LogP contribution in [0.1, 0.15) is 12.5 Å². The molecule has 0 saturated carbocycles. The van der Waals surface area contributed by atoms with Crippen molar-refractivity contribution in [3.05, 3.63) is 51.0 Å². The molecule has 0 unspecified atom stereocenters. The Bertz CT molecular complexity index is 980. The van der Waals surface area contributed by atoms with Gasteiger partial charge in [-0.05, 0) is 49.7 Å². The molecule has 0 bridgehead atoms. The number of hydrogen-bond donors (Lipinski definition) is 2. The number of rotatable bonds is 6. The Hall–Kier alpha value is -1.51. The number of carbonyl (C=O) groups is 1. The van der Waals surface area contributed by atoms with Crippen molar-refractivity contribution < 1.29 is 17.9 Å². The zero-order valence-electron chi connectivity index (χ0n) is 14.6. The summed E-state index contributed by atoms with van der Waals surface area (Å²) >= 11 is 17.8. The molecule has 2 N–H and O–H groups in total. The summed E-state index contributed by atoms with van der Waals surface area (Å²) in [6, 6.07) is 6.11. The minimum absolute atomic E-state index is 0.0213. The van der Waals surface area contributed by atoms with Gasteiger partial charge in [0, 0.05) is 0 Å². The quantitative estimate of drug-likeness (QED) is 0.642. The van der Waals surface area contributed by atoms with Crippen LogP contribution in [0.3, 0.4) is 0 Å². The van der Waals surface area contributed by atoms with Crippen LogP contribution < -0.4 is 14.8 Å². The molecule has 2 aromatic rings. The summed E-state index contributed by atoms with van der Waals surface area (Å²) < 4.78 is 32.5. The normalized spacial score (nSPS) is 12.5. The number of anilines is 1. The van der Waals surface area contributed by atoms with Crippen molar-refractivity contribution in [2.75, 3.05) is 12.4 Å². The first kappa shape index (κ1) is 21.8. The largest absolute Gasteiger partial charge is 0.496 e. The van der Waals surface area contributed by atoms with Gasteiger partial charge in [-0.15, -0.1) is 0 Å². The van der Waals surface area contributed by atoms with Crippen LogP contribution in [0.4, 0.5) is 5.69 Å². The van der Waals surface area contributed by atoms with Crippen LogP contribution in [0.2, 0.25) is 15.1 Å². The standard InChI is InChI=1S/C17H17Cl3N2O4S/c1-9-6-11(4-5-16(9)26-3)27(24,25)22-10(2)17(23)21-15-8-13(19)12(18)7-14(15)20/h4-8,10,22H,1-3H3,(H,21,23)/t10-/m1/s1. The molecule has 0 fully saturated rings. The van der Waals surface area contributed by atoms with E-state index in [2.05, 4.69) is 10.0 Å². The third-order valence-electron chi connectivity index (χ3n) is 3.67. The highest BCUT2D eigenvalue weighted by atomic mass is 35.5. The lowest BCUT2D eigenvalue weighted by Gasteiger charge is -2.16. The minimum Gasteiger partial charge on any atom is -0.496 e. The second kappa shape index (κ2) is 8.67. The van der Waals surface area contributed by atoms with E-state index in [1.54, 1.807) is 13.0 Å². The molecule has 0 saturated heterocycles. The Morgan fingerprint density at radius 2 is 1.70 bits per heavy atom. The van der Waals surface area contributed by atoms with E-state index in [0.29, 0.717) is 11.3 Å². The van der Waals surface area contributed by atoms with Gasteiger partial charge >= 0.3 is 0 Å². The first-order valence-electron chi connectivity index (χ1n) is 7.67. The Kier molecular flexibility index (Phi) is 6.99. The van der Waals surface area contributed by atoms with Crippen LogP contribution in [0.25, 0.3) is 0 Å². The minimum atomic E-state index is -3.92. The summed E-state index contributed by atoms with van der Waals surface area (Å²) in [6.07, 6.45) is 0. The molecule has 1 amide bonds. The Labute approximate surface area is 172 Å². The van der Waals surface area contributed by atoms with Crippen LogP contribution in [0, 0.1) is 6.92 Å². The fourth-order valence-electron chi connectivity index (χ4n) is 2.23. The Morgan fingerprint density at radius 3 is 2.30 bits per heavy atom. The van der Waals surface area contributed by atoms with Gasteiger partial charge in [0.1, 0.15) is 5.75 Å². The maximum absolute atomic E-state index is 12.5. The molecule has 0 aromatic heterocycles. The number of ether oxygens (including phenoxy) is 1. The van der Waals surface area contributed by atoms with E-state index in [-0.39, 0.29) is 25.7 Å². The van der Waals surface area contributed by atoms with Gasteiger partial charge < -0.3 is 10.1 Å². The molecule has 2 aromatic carbocycles. The molecule has 1 atom stereocenters. The molecule has 27 heavy (non-hydrogen) atoms. The van der Waals surface area contributed by atoms with Gasteiger partial charge in [-0.3, -0.25) is 4.79 Å². The van der Waals surface area contributed by atoms with Crippen LogP contribution in [-0.2, 0) is 14.8 Å². The fraction of sp³-hybridized carbons (Fsp3) is 0.235. The molecule has 146 valence electrons. The molecular formula is C17H17Cl3N2O4S. The number of nitrogens with one attached hydrogen (secondary N) is 2. The first-order valence-corrected chi connectivity index (χ1v) is 10.3. The van der Waals surface area contributed by atoms with E-state index in [0.717, 1.165) is 0 Å². The van der Waals surface area contributed by atoms with Crippen molar-refractivity contribution in [1.29, 1.82) is 0 Å². The van der Waals surface area contributed by atoms with Gasteiger partial charge in [0.15, 0.2) is 0 Å². The third kappa shape index (κ3) is 5.27. The van der Waals surface area contributed by atoms with Crippen LogP contribution in [0.15, 0.2) is 35.2 Å². The lowest BCUT2D eigenvalue weighted by atomic mass is 10.2. The fourth-order valence-corrected chi connectivity index (χ4v) is 4.11. The topological polar surface area (TPSA) is 84.5 Å². The number of methoxy groups -OCH3 is 1. The summed E-state index contributed by atoms with van der Waals surface area (Å²) in [5.41, 5.74) is 0.877. The molecule has 0 aliphatic heterocycles. The van der Waals surface area contributed by atoms with Gasteiger partial charge in [0.05, 0.1) is 38.8 Å². The number of amides is 1. The van der Waals surface area contributed by atoms with E-state index < -0.39 is 22.0 Å². The molecule has 2 rings (SSSR count). The van der Waals surface area contributed by atoms with Crippen molar-refractivity contribution in [3.63, 3.8) is 0 Å². The second-order valence-electron chi connectivity index (χ2n) is 5.71. The predicted octanol–water partition coefficient (Wildman–Crippen LogP) is 4.27. The van der Waals surface area contributed by atoms with Gasteiger partial charge in [0.25, 0.3) is 0 Å². The number of hydrogen-bond acceptors (Lipinski definition) is 4. The van der Waals surface area contributed by atoms with Crippen molar-refractivity contribution in [2.24, 2.45) is 0 Å². The SMILES string of the molecule is COc1ccc(S(=O)(=O)N[C@H](C)C(=O)Nc2cc(Cl)c(Cl)cc2Cl)cc1C. The van der Waals surface area contributed by atoms with Crippen molar-refractivity contribution in [2.45, 2.75) is 24.8 Å². The van der Waals surface area contributed by atoms with Crippen LogP contribution >= 0.6 is 34.8 Å². The molecule has 0 aliphatic carbocycles. The average Bonchev–Trinajstić information content (AvgIpc) is 2.59. The van der Waals surface area contributed by atoms with Crippen molar-refractivity contribution in [1.82, 2.24) is 4.72 Å². The van der Waals surface area contributed by atoms with E-state index in [1.165, 1.54) is 38.3 Å². The zero-order valence-corrected chi connectivity index (χ0v) is 17.7. The Balaban J connectivity index is 2.15. The smallest absolute Gasteiger partial charge is 0.242 e. The van der Waals surface area contributed by atoms with Gasteiger partial charge in [-0.2, -0.15) is 4.72 Å². The number of sulfonamides is 1. The van der Waals surface area contributed by atoms with Crippen LogP contribution in [-0.4, -0.2) is 27.5 Å². The summed E-state index contributed by atoms with van der Waals surface area (Å²) in [5.74, 6) is -0.0434. The highest BCUT2D eigenvalue weighted by Gasteiger charge is 2.23. The molecule has 0 radical (unpaired) electrons. The monoisotopic (exact) mass is 450 g/mol. The molecule has 10 heteroatoms.